The number of nitrogens with two attached hydrogens (primary N) is 1. The molecule has 0 aliphatic heterocycles. The number of nitrogens with one attached hydrogen (secondary N) is 1. The molecule has 0 heterocycles. The van der Waals surface area contributed by atoms with Gasteiger partial charge in [-0.3, -0.25) is 0 Å². The van der Waals surface area contributed by atoms with Crippen LogP contribution in [0.5, 0.6) is 0 Å². The second-order valence-corrected chi connectivity index (χ2v) is 3.43. The Morgan fingerprint density at radius 3 is 2.81 bits per heavy atom. The quantitative estimate of drug-likeness (QED) is 0.319. The van der Waals surface area contributed by atoms with Gasteiger partial charge in [0.05, 0.1) is 5.69 Å². The van der Waals surface area contributed by atoms with E-state index < -0.39 is 11.6 Å². The Hall–Kier alpha value is -1.85. The lowest BCUT2D eigenvalue weighted by atomic mass is 10.1. The van der Waals surface area contributed by atoms with Gasteiger partial charge in [-0.2, -0.15) is 0 Å². The molecule has 0 radical (unpaired) electrons. The minimum absolute atomic E-state index is 0.0509. The molecule has 6 heteroatoms. The molecule has 0 bridgehead atoms. The highest BCUT2D eigenvalue weighted by Gasteiger charge is 2.09. The molecule has 1 unspecified atom stereocenters. The predicted molar refractivity (Wildman–Crippen MR) is 57.4 cm³/mol. The smallest absolute Gasteiger partial charge is 0.149 e. The van der Waals surface area contributed by atoms with Crippen LogP contribution in [0.1, 0.15) is 6.92 Å². The van der Waals surface area contributed by atoms with Crippen molar-refractivity contribution < 1.29 is 14.0 Å². The molecule has 0 aliphatic carbocycles. The summed E-state index contributed by atoms with van der Waals surface area (Å²) in [6.07, 6.45) is 0. The molecule has 1 rings (SSSR count). The van der Waals surface area contributed by atoms with Crippen LogP contribution in [0.4, 0.5) is 14.5 Å². The van der Waals surface area contributed by atoms with E-state index in [4.69, 9.17) is 10.9 Å². The van der Waals surface area contributed by atoms with Crippen molar-refractivity contribution in [3.63, 3.8) is 0 Å². The molecule has 0 spiro atoms. The Labute approximate surface area is 91.8 Å². The van der Waals surface area contributed by atoms with Crippen LogP contribution in [0.2, 0.25) is 0 Å². The molecule has 1 atom stereocenters. The van der Waals surface area contributed by atoms with Gasteiger partial charge < -0.3 is 16.3 Å². The summed E-state index contributed by atoms with van der Waals surface area (Å²) in [6, 6.07) is 3.24. The number of anilines is 1. The standard InChI is InChI=1S/C10H13F2N3O/c1-6(10(13)15-16)5-14-9-3-2-7(11)4-8(9)12/h2-4,6,14,16H,5H2,1H3,(H2,13,15). The summed E-state index contributed by atoms with van der Waals surface area (Å²) < 4.78 is 25.8. The summed E-state index contributed by atoms with van der Waals surface area (Å²) in [5.41, 5.74) is 5.53. The highest BCUT2D eigenvalue weighted by atomic mass is 19.1. The summed E-state index contributed by atoms with van der Waals surface area (Å²) in [7, 11) is 0. The Morgan fingerprint density at radius 2 is 2.25 bits per heavy atom. The van der Waals surface area contributed by atoms with Gasteiger partial charge in [-0.15, -0.1) is 0 Å². The Kier molecular flexibility index (Phi) is 4.04. The monoisotopic (exact) mass is 229 g/mol. The average Bonchev–Trinajstić information content (AvgIpc) is 2.26. The summed E-state index contributed by atoms with van der Waals surface area (Å²) in [4.78, 5) is 0. The van der Waals surface area contributed by atoms with E-state index in [1.165, 1.54) is 6.07 Å². The van der Waals surface area contributed by atoms with E-state index in [1.54, 1.807) is 6.92 Å². The molecule has 0 amide bonds. The molecule has 16 heavy (non-hydrogen) atoms. The molecular formula is C10H13F2N3O. The third kappa shape index (κ3) is 3.08. The van der Waals surface area contributed by atoms with Crippen molar-refractivity contribution in [1.29, 1.82) is 0 Å². The number of amidine groups is 1. The molecule has 0 fully saturated rings. The number of hydrogen-bond acceptors (Lipinski definition) is 3. The first-order valence-corrected chi connectivity index (χ1v) is 4.71. The third-order valence-corrected chi connectivity index (χ3v) is 2.15. The molecule has 0 saturated carbocycles. The lowest BCUT2D eigenvalue weighted by molar-refractivity contribution is 0.315. The van der Waals surface area contributed by atoms with E-state index in [0.717, 1.165) is 12.1 Å². The Morgan fingerprint density at radius 1 is 1.56 bits per heavy atom. The van der Waals surface area contributed by atoms with Gasteiger partial charge in [-0.25, -0.2) is 8.78 Å². The van der Waals surface area contributed by atoms with Crippen molar-refractivity contribution >= 4 is 11.5 Å². The van der Waals surface area contributed by atoms with Crippen LogP contribution in [-0.2, 0) is 0 Å². The number of hydrogen-bond donors (Lipinski definition) is 3. The van der Waals surface area contributed by atoms with Crippen LogP contribution in [0.25, 0.3) is 0 Å². The van der Waals surface area contributed by atoms with Crippen LogP contribution in [0.15, 0.2) is 23.4 Å². The van der Waals surface area contributed by atoms with Gasteiger partial charge in [0.2, 0.25) is 0 Å². The number of oxime groups is 1. The second-order valence-electron chi connectivity index (χ2n) is 3.43. The maximum atomic E-state index is 13.2. The first-order chi connectivity index (χ1) is 7.54. The highest BCUT2D eigenvalue weighted by Crippen LogP contribution is 2.15. The third-order valence-electron chi connectivity index (χ3n) is 2.15. The molecule has 1 aromatic carbocycles. The SMILES string of the molecule is CC(CNc1ccc(F)cc1F)C(N)=NO. The number of benzene rings is 1. The van der Waals surface area contributed by atoms with Crippen LogP contribution in [0, 0.1) is 17.6 Å². The van der Waals surface area contributed by atoms with Gasteiger partial charge in [0.25, 0.3) is 0 Å². The molecule has 0 aliphatic rings. The fraction of sp³-hybridized carbons (Fsp3) is 0.300. The fourth-order valence-electron chi connectivity index (χ4n) is 1.10. The van der Waals surface area contributed by atoms with Crippen molar-refractivity contribution in [2.45, 2.75) is 6.92 Å². The van der Waals surface area contributed by atoms with Crippen molar-refractivity contribution in [3.8, 4) is 0 Å². The molecule has 4 N–H and O–H groups in total. The molecular weight excluding hydrogens is 216 g/mol. The summed E-state index contributed by atoms with van der Waals surface area (Å²) in [5.74, 6) is -1.51. The van der Waals surface area contributed by atoms with Gasteiger partial charge in [0.15, 0.2) is 0 Å². The van der Waals surface area contributed by atoms with Crippen molar-refractivity contribution in [1.82, 2.24) is 0 Å². The second kappa shape index (κ2) is 5.29. The van der Waals surface area contributed by atoms with Gasteiger partial charge in [-0.05, 0) is 12.1 Å². The minimum Gasteiger partial charge on any atom is -0.409 e. The minimum atomic E-state index is -0.674. The van der Waals surface area contributed by atoms with E-state index >= 15 is 0 Å². The Balaban J connectivity index is 2.61. The van der Waals surface area contributed by atoms with E-state index in [0.29, 0.717) is 6.54 Å². The first kappa shape index (κ1) is 12.2. The van der Waals surface area contributed by atoms with Crippen LogP contribution < -0.4 is 11.1 Å². The highest BCUT2D eigenvalue weighted by molar-refractivity contribution is 5.82. The predicted octanol–water partition coefficient (Wildman–Crippen LogP) is 1.76. The number of halogens is 2. The zero-order valence-corrected chi connectivity index (χ0v) is 8.74. The van der Waals surface area contributed by atoms with Gasteiger partial charge in [-0.1, -0.05) is 12.1 Å². The molecule has 1 aromatic rings. The zero-order chi connectivity index (χ0) is 12.1. The first-order valence-electron chi connectivity index (χ1n) is 4.71. The lowest BCUT2D eigenvalue weighted by Gasteiger charge is -2.12. The number of nitrogens with zero attached hydrogens (tertiary/aromatic N) is 1. The van der Waals surface area contributed by atoms with Crippen molar-refractivity contribution in [3.05, 3.63) is 29.8 Å². The summed E-state index contributed by atoms with van der Waals surface area (Å²) >= 11 is 0. The molecule has 4 nitrogen and oxygen atoms in total. The molecule has 0 aromatic heterocycles. The maximum Gasteiger partial charge on any atom is 0.149 e. The number of rotatable bonds is 4. The van der Waals surface area contributed by atoms with Crippen molar-refractivity contribution in [2.75, 3.05) is 11.9 Å². The van der Waals surface area contributed by atoms with Gasteiger partial charge >= 0.3 is 0 Å². The zero-order valence-electron chi connectivity index (χ0n) is 8.74. The lowest BCUT2D eigenvalue weighted by Crippen LogP contribution is -2.27. The summed E-state index contributed by atoms with van der Waals surface area (Å²) in [6.45, 7) is 2.00. The maximum absolute atomic E-state index is 13.2. The van der Waals surface area contributed by atoms with Gasteiger partial charge in [0, 0.05) is 18.5 Å². The normalized spacial score (nSPS) is 13.6. The van der Waals surface area contributed by atoms with E-state index in [-0.39, 0.29) is 17.4 Å². The van der Waals surface area contributed by atoms with Crippen molar-refractivity contribution in [2.24, 2.45) is 16.8 Å². The largest absolute Gasteiger partial charge is 0.409 e. The van der Waals surface area contributed by atoms with Crippen LogP contribution >= 0.6 is 0 Å². The Bertz CT molecular complexity index is 396. The average molecular weight is 229 g/mol. The van der Waals surface area contributed by atoms with E-state index in [1.807, 2.05) is 0 Å². The summed E-state index contributed by atoms with van der Waals surface area (Å²) in [5, 5.41) is 14.0. The molecule has 0 saturated heterocycles. The van der Waals surface area contributed by atoms with E-state index in [9.17, 15) is 8.78 Å². The van der Waals surface area contributed by atoms with E-state index in [2.05, 4.69) is 10.5 Å². The molecule has 88 valence electrons. The fourth-order valence-corrected chi connectivity index (χ4v) is 1.10. The van der Waals surface area contributed by atoms with Gasteiger partial charge in [0.1, 0.15) is 17.5 Å². The van der Waals surface area contributed by atoms with Crippen LogP contribution in [0.3, 0.4) is 0 Å². The van der Waals surface area contributed by atoms with Crippen LogP contribution in [-0.4, -0.2) is 17.6 Å². The topological polar surface area (TPSA) is 70.6 Å².